The molecule has 0 spiro atoms. The van der Waals surface area contributed by atoms with Crippen LogP contribution < -0.4 is 5.73 Å². The van der Waals surface area contributed by atoms with Crippen molar-refractivity contribution in [1.29, 1.82) is 0 Å². The van der Waals surface area contributed by atoms with Crippen LogP contribution >= 0.6 is 11.8 Å². The number of aliphatic hydroxyl groups is 1. The Morgan fingerprint density at radius 2 is 2.07 bits per heavy atom. The van der Waals surface area contributed by atoms with Crippen molar-refractivity contribution < 1.29 is 5.11 Å². The Bertz CT molecular complexity index is 301. The fourth-order valence-corrected chi connectivity index (χ4v) is 2.47. The summed E-state index contributed by atoms with van der Waals surface area (Å²) in [5, 5.41) is 9.27. The van der Waals surface area contributed by atoms with Gasteiger partial charge >= 0.3 is 0 Å². The molecular formula is C12H19NOS. The highest BCUT2D eigenvalue weighted by molar-refractivity contribution is 7.99. The van der Waals surface area contributed by atoms with Crippen LogP contribution in [0.5, 0.6) is 0 Å². The van der Waals surface area contributed by atoms with Gasteiger partial charge in [0.2, 0.25) is 0 Å². The molecule has 0 aliphatic heterocycles. The van der Waals surface area contributed by atoms with Crippen molar-refractivity contribution in [1.82, 2.24) is 0 Å². The summed E-state index contributed by atoms with van der Waals surface area (Å²) in [5.41, 5.74) is 8.39. The van der Waals surface area contributed by atoms with Crippen molar-refractivity contribution in [2.24, 2.45) is 5.73 Å². The number of nitrogens with two attached hydrogens (primary N) is 1. The zero-order valence-electron chi connectivity index (χ0n) is 9.31. The summed E-state index contributed by atoms with van der Waals surface area (Å²) in [7, 11) is 0. The Kier molecular flexibility index (Phi) is 5.15. The quantitative estimate of drug-likeness (QED) is 0.805. The third-order valence-corrected chi connectivity index (χ3v) is 3.96. The molecule has 84 valence electrons. The lowest BCUT2D eigenvalue weighted by Gasteiger charge is -2.18. The minimum atomic E-state index is 0.0315. The molecule has 0 saturated carbocycles. The molecule has 3 N–H and O–H groups in total. The van der Waals surface area contributed by atoms with E-state index in [1.54, 1.807) is 11.8 Å². The molecule has 0 heterocycles. The van der Waals surface area contributed by atoms with Crippen molar-refractivity contribution >= 4 is 11.8 Å². The summed E-state index contributed by atoms with van der Waals surface area (Å²) < 4.78 is 0. The third kappa shape index (κ3) is 3.86. The second-order valence-electron chi connectivity index (χ2n) is 3.82. The largest absolute Gasteiger partial charge is 0.395 e. The maximum atomic E-state index is 9.14. The van der Waals surface area contributed by atoms with E-state index in [-0.39, 0.29) is 17.9 Å². The molecule has 0 amide bonds. The Morgan fingerprint density at radius 3 is 2.60 bits per heavy atom. The molecule has 1 aromatic rings. The van der Waals surface area contributed by atoms with Gasteiger partial charge in [-0.1, -0.05) is 24.3 Å². The highest BCUT2D eigenvalue weighted by atomic mass is 32.2. The first-order chi connectivity index (χ1) is 7.15. The van der Waals surface area contributed by atoms with E-state index in [1.807, 2.05) is 19.1 Å². The standard InChI is InChI=1S/C12H19NOS/c1-9-5-3-4-6-11(9)8-15-12(7-14)10(2)13/h3-6,10,12,14H,7-8,13H2,1-2H3. The molecule has 0 bridgehead atoms. The van der Waals surface area contributed by atoms with E-state index in [9.17, 15) is 0 Å². The van der Waals surface area contributed by atoms with Crippen molar-refractivity contribution in [3.63, 3.8) is 0 Å². The molecule has 1 rings (SSSR count). The summed E-state index contributed by atoms with van der Waals surface area (Å²) in [6, 6.07) is 8.35. The molecule has 2 nitrogen and oxygen atoms in total. The summed E-state index contributed by atoms with van der Waals surface area (Å²) in [4.78, 5) is 0. The molecule has 2 unspecified atom stereocenters. The Morgan fingerprint density at radius 1 is 1.40 bits per heavy atom. The van der Waals surface area contributed by atoms with E-state index in [2.05, 4.69) is 19.1 Å². The Labute approximate surface area is 95.9 Å². The zero-order valence-corrected chi connectivity index (χ0v) is 10.1. The Hall–Kier alpha value is -0.510. The van der Waals surface area contributed by atoms with E-state index in [1.165, 1.54) is 11.1 Å². The molecule has 0 aromatic heterocycles. The van der Waals surface area contributed by atoms with Crippen LogP contribution in [0.3, 0.4) is 0 Å². The average Bonchev–Trinajstić information content (AvgIpc) is 2.21. The first-order valence-electron chi connectivity index (χ1n) is 5.17. The number of hydrogen-bond donors (Lipinski definition) is 2. The second kappa shape index (κ2) is 6.16. The second-order valence-corrected chi connectivity index (χ2v) is 5.05. The number of rotatable bonds is 5. The molecule has 0 aliphatic carbocycles. The molecule has 1 aromatic carbocycles. The van der Waals surface area contributed by atoms with Gasteiger partial charge < -0.3 is 10.8 Å². The third-order valence-electron chi connectivity index (χ3n) is 2.48. The SMILES string of the molecule is Cc1ccccc1CSC(CO)C(C)N. The number of benzene rings is 1. The van der Waals surface area contributed by atoms with Gasteiger partial charge in [-0.3, -0.25) is 0 Å². The number of hydrogen-bond acceptors (Lipinski definition) is 3. The van der Waals surface area contributed by atoms with Gasteiger partial charge in [0.1, 0.15) is 0 Å². The number of aryl methyl sites for hydroxylation is 1. The zero-order chi connectivity index (χ0) is 11.3. The average molecular weight is 225 g/mol. The van der Waals surface area contributed by atoms with Crippen LogP contribution in [0.1, 0.15) is 18.1 Å². The predicted molar refractivity (Wildman–Crippen MR) is 67.0 cm³/mol. The summed E-state index contributed by atoms with van der Waals surface area (Å²) >= 11 is 1.72. The van der Waals surface area contributed by atoms with Gasteiger partial charge in [-0.05, 0) is 25.0 Å². The highest BCUT2D eigenvalue weighted by Crippen LogP contribution is 2.21. The van der Waals surface area contributed by atoms with Crippen LogP contribution in [0.25, 0.3) is 0 Å². The molecule has 2 atom stereocenters. The van der Waals surface area contributed by atoms with Crippen LogP contribution in [0, 0.1) is 6.92 Å². The van der Waals surface area contributed by atoms with Crippen LogP contribution in [-0.4, -0.2) is 23.0 Å². The van der Waals surface area contributed by atoms with Crippen molar-refractivity contribution in [3.8, 4) is 0 Å². The van der Waals surface area contributed by atoms with Gasteiger partial charge in [0.05, 0.1) is 6.61 Å². The van der Waals surface area contributed by atoms with Crippen molar-refractivity contribution in [2.75, 3.05) is 6.61 Å². The predicted octanol–water partition coefficient (Wildman–Crippen LogP) is 1.94. The first-order valence-corrected chi connectivity index (χ1v) is 6.22. The van der Waals surface area contributed by atoms with Gasteiger partial charge in [-0.2, -0.15) is 0 Å². The topological polar surface area (TPSA) is 46.2 Å². The normalized spacial score (nSPS) is 14.9. The van der Waals surface area contributed by atoms with E-state index in [0.29, 0.717) is 0 Å². The van der Waals surface area contributed by atoms with Crippen LogP contribution in [0.4, 0.5) is 0 Å². The fourth-order valence-electron chi connectivity index (χ4n) is 1.34. The lowest BCUT2D eigenvalue weighted by molar-refractivity contribution is 0.285. The molecular weight excluding hydrogens is 206 g/mol. The maximum absolute atomic E-state index is 9.14. The molecule has 0 aliphatic rings. The van der Waals surface area contributed by atoms with Crippen LogP contribution in [0.15, 0.2) is 24.3 Å². The Balaban J connectivity index is 2.53. The molecule has 0 fully saturated rings. The number of aliphatic hydroxyl groups excluding tert-OH is 1. The lowest BCUT2D eigenvalue weighted by Crippen LogP contribution is -2.31. The smallest absolute Gasteiger partial charge is 0.0565 e. The molecule has 15 heavy (non-hydrogen) atoms. The summed E-state index contributed by atoms with van der Waals surface area (Å²) in [5.74, 6) is 0.916. The van der Waals surface area contributed by atoms with Crippen molar-refractivity contribution in [2.45, 2.75) is 30.9 Å². The van der Waals surface area contributed by atoms with Crippen LogP contribution in [0.2, 0.25) is 0 Å². The monoisotopic (exact) mass is 225 g/mol. The fraction of sp³-hybridized carbons (Fsp3) is 0.500. The van der Waals surface area contributed by atoms with Gasteiger partial charge in [0.25, 0.3) is 0 Å². The van der Waals surface area contributed by atoms with Crippen molar-refractivity contribution in [3.05, 3.63) is 35.4 Å². The van der Waals surface area contributed by atoms with Crippen LogP contribution in [-0.2, 0) is 5.75 Å². The van der Waals surface area contributed by atoms with Gasteiger partial charge in [-0.25, -0.2) is 0 Å². The van der Waals surface area contributed by atoms with Gasteiger partial charge in [-0.15, -0.1) is 11.8 Å². The van der Waals surface area contributed by atoms with E-state index in [0.717, 1.165) is 5.75 Å². The molecule has 0 radical (unpaired) electrons. The molecule has 3 heteroatoms. The number of thioether (sulfide) groups is 1. The summed E-state index contributed by atoms with van der Waals surface area (Å²) in [6.07, 6.45) is 0. The van der Waals surface area contributed by atoms with E-state index in [4.69, 9.17) is 10.8 Å². The lowest BCUT2D eigenvalue weighted by atomic mass is 10.1. The highest BCUT2D eigenvalue weighted by Gasteiger charge is 2.13. The van der Waals surface area contributed by atoms with E-state index < -0.39 is 0 Å². The summed E-state index contributed by atoms with van der Waals surface area (Å²) in [6.45, 7) is 4.19. The van der Waals surface area contributed by atoms with Gasteiger partial charge in [0.15, 0.2) is 0 Å². The van der Waals surface area contributed by atoms with Gasteiger partial charge in [0, 0.05) is 17.0 Å². The van der Waals surface area contributed by atoms with E-state index >= 15 is 0 Å². The minimum Gasteiger partial charge on any atom is -0.395 e. The maximum Gasteiger partial charge on any atom is 0.0565 e. The first kappa shape index (κ1) is 12.6. The minimum absolute atomic E-state index is 0.0315. The molecule has 0 saturated heterocycles.